The van der Waals surface area contributed by atoms with E-state index in [4.69, 9.17) is 0 Å². The number of hydrogen-bond acceptors (Lipinski definition) is 0. The maximum absolute atomic E-state index is 2.43. The predicted molar refractivity (Wildman–Crippen MR) is 49.9 cm³/mol. The minimum atomic E-state index is 0.750. The third kappa shape index (κ3) is 2.52. The molecular formula is C8H11I. The number of alkyl halides is 1. The van der Waals surface area contributed by atoms with Gasteiger partial charge in [0, 0.05) is 0 Å². The van der Waals surface area contributed by atoms with E-state index >= 15 is 0 Å². The fourth-order valence-electron chi connectivity index (χ4n) is 0.983. The highest BCUT2D eigenvalue weighted by Gasteiger charge is 2.00. The molecule has 0 unspecified atom stereocenters. The normalized spacial score (nSPS) is 17.4. The van der Waals surface area contributed by atoms with Crippen LogP contribution < -0.4 is 0 Å². The van der Waals surface area contributed by atoms with E-state index in [-0.39, 0.29) is 0 Å². The molecule has 0 heterocycles. The molecule has 0 nitrogen and oxygen atoms in total. The van der Waals surface area contributed by atoms with Crippen LogP contribution in [0.25, 0.3) is 0 Å². The van der Waals surface area contributed by atoms with E-state index in [2.05, 4.69) is 46.9 Å². The standard InChI is InChI=1S/C8H11I/c9-7-3-6-8-4-1-2-5-8/h1-2,4-5,8H,3,6-7H2. The number of hydrogen-bond donors (Lipinski definition) is 0. The van der Waals surface area contributed by atoms with E-state index in [0.717, 1.165) is 5.92 Å². The minimum absolute atomic E-state index is 0.750. The van der Waals surface area contributed by atoms with Crippen LogP contribution >= 0.6 is 22.6 Å². The molecule has 1 aliphatic carbocycles. The van der Waals surface area contributed by atoms with Crippen LogP contribution in [0.1, 0.15) is 12.8 Å². The van der Waals surface area contributed by atoms with Crippen LogP contribution in [-0.4, -0.2) is 4.43 Å². The molecule has 1 aliphatic rings. The fourth-order valence-corrected chi connectivity index (χ4v) is 1.42. The van der Waals surface area contributed by atoms with Crippen molar-refractivity contribution in [3.8, 4) is 0 Å². The first-order valence-electron chi connectivity index (χ1n) is 3.34. The summed E-state index contributed by atoms with van der Waals surface area (Å²) in [6.07, 6.45) is 11.5. The smallest absolute Gasteiger partial charge is 0.000440 e. The number of allylic oxidation sites excluding steroid dienone is 4. The number of rotatable bonds is 3. The summed E-state index contributed by atoms with van der Waals surface area (Å²) in [5, 5.41) is 0. The molecule has 0 saturated heterocycles. The average Bonchev–Trinajstić information content (AvgIpc) is 2.34. The van der Waals surface area contributed by atoms with E-state index in [0.29, 0.717) is 0 Å². The summed E-state index contributed by atoms with van der Waals surface area (Å²) >= 11 is 2.43. The second-order valence-electron chi connectivity index (χ2n) is 2.26. The molecule has 0 aliphatic heterocycles. The van der Waals surface area contributed by atoms with Crippen LogP contribution in [0, 0.1) is 5.92 Å². The molecule has 0 bridgehead atoms. The first kappa shape index (κ1) is 7.32. The SMILES string of the molecule is ICCCC1C=CC=C1. The van der Waals surface area contributed by atoms with Crippen molar-refractivity contribution in [3.05, 3.63) is 24.3 Å². The summed E-state index contributed by atoms with van der Waals surface area (Å²) in [6, 6.07) is 0. The van der Waals surface area contributed by atoms with Crippen LogP contribution in [0.2, 0.25) is 0 Å². The lowest BCUT2D eigenvalue weighted by atomic mass is 10.1. The maximum atomic E-state index is 2.43. The maximum Gasteiger partial charge on any atom is -0.000440 e. The van der Waals surface area contributed by atoms with E-state index in [9.17, 15) is 0 Å². The van der Waals surface area contributed by atoms with Crippen molar-refractivity contribution in [2.45, 2.75) is 12.8 Å². The Morgan fingerprint density at radius 2 is 1.89 bits per heavy atom. The first-order valence-corrected chi connectivity index (χ1v) is 4.87. The van der Waals surface area contributed by atoms with Crippen molar-refractivity contribution in [1.29, 1.82) is 0 Å². The molecule has 0 amide bonds. The van der Waals surface area contributed by atoms with Gasteiger partial charge in [-0.3, -0.25) is 0 Å². The van der Waals surface area contributed by atoms with Gasteiger partial charge < -0.3 is 0 Å². The Morgan fingerprint density at radius 1 is 1.22 bits per heavy atom. The third-order valence-electron chi connectivity index (χ3n) is 1.50. The van der Waals surface area contributed by atoms with Gasteiger partial charge in [0.2, 0.25) is 0 Å². The lowest BCUT2D eigenvalue weighted by Gasteiger charge is -2.00. The molecule has 9 heavy (non-hydrogen) atoms. The monoisotopic (exact) mass is 234 g/mol. The topological polar surface area (TPSA) is 0 Å². The lowest BCUT2D eigenvalue weighted by molar-refractivity contribution is 0.707. The van der Waals surface area contributed by atoms with Crippen LogP contribution in [-0.2, 0) is 0 Å². The fraction of sp³-hybridized carbons (Fsp3) is 0.500. The van der Waals surface area contributed by atoms with Crippen LogP contribution in [0.5, 0.6) is 0 Å². The lowest BCUT2D eigenvalue weighted by Crippen LogP contribution is -1.88. The Labute approximate surface area is 70.2 Å². The molecule has 50 valence electrons. The Bertz CT molecular complexity index is 113. The summed E-state index contributed by atoms with van der Waals surface area (Å²) in [7, 11) is 0. The Kier molecular flexibility index (Phi) is 3.33. The molecule has 0 radical (unpaired) electrons. The molecule has 0 saturated carbocycles. The molecule has 0 spiro atoms. The summed E-state index contributed by atoms with van der Waals surface area (Å²) in [5.74, 6) is 0.750. The van der Waals surface area contributed by atoms with E-state index < -0.39 is 0 Å². The first-order chi connectivity index (χ1) is 4.43. The summed E-state index contributed by atoms with van der Waals surface area (Å²) < 4.78 is 1.29. The third-order valence-corrected chi connectivity index (χ3v) is 2.26. The second kappa shape index (κ2) is 4.09. The largest absolute Gasteiger partial charge is 0.0864 e. The van der Waals surface area contributed by atoms with Gasteiger partial charge in [-0.05, 0) is 23.2 Å². The van der Waals surface area contributed by atoms with Crippen molar-refractivity contribution in [1.82, 2.24) is 0 Å². The van der Waals surface area contributed by atoms with Gasteiger partial charge in [-0.25, -0.2) is 0 Å². The Hall–Kier alpha value is 0.210. The molecule has 0 fully saturated rings. The van der Waals surface area contributed by atoms with Crippen LogP contribution in [0.15, 0.2) is 24.3 Å². The van der Waals surface area contributed by atoms with Crippen molar-refractivity contribution in [3.63, 3.8) is 0 Å². The van der Waals surface area contributed by atoms with Gasteiger partial charge in [-0.1, -0.05) is 46.9 Å². The minimum Gasteiger partial charge on any atom is -0.0864 e. The molecule has 0 N–H and O–H groups in total. The van der Waals surface area contributed by atoms with E-state index in [1.54, 1.807) is 0 Å². The van der Waals surface area contributed by atoms with Crippen LogP contribution in [0.3, 0.4) is 0 Å². The second-order valence-corrected chi connectivity index (χ2v) is 3.34. The predicted octanol–water partition coefficient (Wildman–Crippen LogP) is 2.94. The Balaban J connectivity index is 2.13. The zero-order valence-electron chi connectivity index (χ0n) is 5.39. The molecule has 0 atom stereocenters. The Morgan fingerprint density at radius 3 is 2.44 bits per heavy atom. The zero-order valence-corrected chi connectivity index (χ0v) is 7.54. The summed E-state index contributed by atoms with van der Waals surface area (Å²) in [5.41, 5.74) is 0. The van der Waals surface area contributed by atoms with Gasteiger partial charge in [-0.15, -0.1) is 0 Å². The van der Waals surface area contributed by atoms with Crippen molar-refractivity contribution < 1.29 is 0 Å². The van der Waals surface area contributed by atoms with E-state index in [1.165, 1.54) is 17.3 Å². The van der Waals surface area contributed by atoms with Crippen LogP contribution in [0.4, 0.5) is 0 Å². The average molecular weight is 234 g/mol. The highest BCUT2D eigenvalue weighted by Crippen LogP contribution is 2.15. The van der Waals surface area contributed by atoms with Crippen molar-refractivity contribution in [2.24, 2.45) is 5.92 Å². The molecule has 0 aromatic heterocycles. The van der Waals surface area contributed by atoms with E-state index in [1.807, 2.05) is 0 Å². The zero-order chi connectivity index (χ0) is 6.53. The molecule has 0 aromatic rings. The van der Waals surface area contributed by atoms with Crippen molar-refractivity contribution in [2.75, 3.05) is 4.43 Å². The van der Waals surface area contributed by atoms with Gasteiger partial charge in [-0.2, -0.15) is 0 Å². The van der Waals surface area contributed by atoms with Gasteiger partial charge >= 0.3 is 0 Å². The van der Waals surface area contributed by atoms with Gasteiger partial charge in [0.05, 0.1) is 0 Å². The summed E-state index contributed by atoms with van der Waals surface area (Å²) in [6.45, 7) is 0. The van der Waals surface area contributed by atoms with Gasteiger partial charge in [0.25, 0.3) is 0 Å². The molecule has 1 heteroatoms. The van der Waals surface area contributed by atoms with Gasteiger partial charge in [0.15, 0.2) is 0 Å². The quantitative estimate of drug-likeness (QED) is 0.520. The molecule has 0 aromatic carbocycles. The summed E-state index contributed by atoms with van der Waals surface area (Å²) in [4.78, 5) is 0. The van der Waals surface area contributed by atoms with Crippen molar-refractivity contribution >= 4 is 22.6 Å². The number of halogens is 1. The highest BCUT2D eigenvalue weighted by atomic mass is 127. The highest BCUT2D eigenvalue weighted by molar-refractivity contribution is 14.1. The molecule has 1 rings (SSSR count). The molecular weight excluding hydrogens is 223 g/mol. The van der Waals surface area contributed by atoms with Gasteiger partial charge in [0.1, 0.15) is 0 Å².